The molecule has 8 N–H and O–H groups in total. The minimum atomic E-state index is -1.98. The Kier molecular flexibility index (Phi) is 18.8. The van der Waals surface area contributed by atoms with Crippen LogP contribution in [0, 0.1) is 23.2 Å². The number of carboxylic acid groups (broad SMARTS) is 2. The number of carboxylic acids is 2. The van der Waals surface area contributed by atoms with Gasteiger partial charge < -0.3 is 69.5 Å². The van der Waals surface area contributed by atoms with Crippen molar-refractivity contribution in [3.05, 3.63) is 125 Å². The van der Waals surface area contributed by atoms with E-state index in [2.05, 4.69) is 34.8 Å². The molecule has 502 valence electrons. The zero-order chi connectivity index (χ0) is 67.0. The normalized spacial score (nSPS) is 25.8. The molecule has 28 heteroatoms. The van der Waals surface area contributed by atoms with E-state index in [1.807, 2.05) is 59.0 Å². The molecule has 0 radical (unpaired) electrons. The Morgan fingerprint density at radius 2 is 1.57 bits per heavy atom. The lowest BCUT2D eigenvalue weighted by atomic mass is 9.39. The minimum absolute atomic E-state index is 0.00364. The Hall–Kier alpha value is -8.90. The molecule has 4 aliphatic carbocycles. The van der Waals surface area contributed by atoms with Gasteiger partial charge in [0, 0.05) is 91.9 Å². The molecule has 6 heterocycles. The summed E-state index contributed by atoms with van der Waals surface area (Å²) in [6, 6.07) is 21.4. The maximum Gasteiger partial charge on any atom is 0.407 e. The monoisotopic (exact) mass is 1330 g/mol. The van der Waals surface area contributed by atoms with E-state index in [1.165, 1.54) is 23.5 Å². The fraction of sp³-hybridized carbons (Fsp3) is 0.463. The third-order valence-electron chi connectivity index (χ3n) is 18.7. The van der Waals surface area contributed by atoms with Gasteiger partial charge in [0.05, 0.1) is 41.8 Å². The second-order valence-electron chi connectivity index (χ2n) is 26.3. The van der Waals surface area contributed by atoms with Crippen molar-refractivity contribution in [3.8, 4) is 22.6 Å². The van der Waals surface area contributed by atoms with Crippen LogP contribution < -0.4 is 30.3 Å². The van der Waals surface area contributed by atoms with Crippen molar-refractivity contribution in [2.45, 2.75) is 128 Å². The summed E-state index contributed by atoms with van der Waals surface area (Å²) in [5.41, 5.74) is 4.42. The summed E-state index contributed by atoms with van der Waals surface area (Å²) in [6.45, 7) is 8.24. The number of rotatable bonds is 26. The largest absolute Gasteiger partial charge is 0.491 e. The number of aliphatic hydroxyl groups excluding tert-OH is 3. The van der Waals surface area contributed by atoms with Crippen molar-refractivity contribution in [2.24, 2.45) is 16.2 Å². The van der Waals surface area contributed by atoms with Crippen molar-refractivity contribution < 1.29 is 87.5 Å². The second kappa shape index (κ2) is 27.1. The van der Waals surface area contributed by atoms with Gasteiger partial charge in [-0.3, -0.25) is 34.1 Å². The van der Waals surface area contributed by atoms with Crippen LogP contribution in [0.25, 0.3) is 21.3 Å². The minimum Gasteiger partial charge on any atom is -0.491 e. The smallest absolute Gasteiger partial charge is 0.407 e. The van der Waals surface area contributed by atoms with Gasteiger partial charge in [-0.15, -0.1) is 0 Å². The summed E-state index contributed by atoms with van der Waals surface area (Å²) in [7, 11) is 0. The second-order valence-corrected chi connectivity index (χ2v) is 27.3. The number of aliphatic hydroxyl groups is 3. The van der Waals surface area contributed by atoms with Gasteiger partial charge in [0.15, 0.2) is 16.9 Å². The van der Waals surface area contributed by atoms with Crippen LogP contribution in [0.1, 0.15) is 102 Å². The number of ether oxygens (including phenoxy) is 6. The third-order valence-corrected chi connectivity index (χ3v) is 19.7. The molecule has 4 saturated carbocycles. The number of hydrogen-bond donors (Lipinski definition) is 8. The van der Waals surface area contributed by atoms with E-state index in [9.17, 15) is 59.1 Å². The lowest BCUT2D eigenvalue weighted by Gasteiger charge is -2.69. The first-order valence-electron chi connectivity index (χ1n) is 31.5. The van der Waals surface area contributed by atoms with Gasteiger partial charge in [-0.2, -0.15) is 5.10 Å². The van der Waals surface area contributed by atoms with Crippen LogP contribution in [0.2, 0.25) is 0 Å². The van der Waals surface area contributed by atoms with E-state index in [1.54, 1.807) is 24.4 Å². The van der Waals surface area contributed by atoms with E-state index < -0.39 is 72.8 Å². The van der Waals surface area contributed by atoms with Crippen molar-refractivity contribution in [1.82, 2.24) is 35.3 Å². The molecule has 4 bridgehead atoms. The van der Waals surface area contributed by atoms with Crippen LogP contribution in [0.5, 0.6) is 11.5 Å². The quantitative estimate of drug-likeness (QED) is 0.0244. The first-order chi connectivity index (χ1) is 45.5. The summed E-state index contributed by atoms with van der Waals surface area (Å²) < 4.78 is 38.2. The number of amides is 5. The number of para-hydroxylation sites is 1. The predicted octanol–water partition coefficient (Wildman–Crippen LogP) is 5.54. The number of alkyl carbamates (subject to hydrolysis) is 1. The Morgan fingerprint density at radius 1 is 0.800 bits per heavy atom. The number of aromatic carboxylic acids is 1. The first-order valence-corrected chi connectivity index (χ1v) is 32.4. The Balaban J connectivity index is 0.654. The molecule has 7 atom stereocenters. The number of benzene rings is 3. The highest BCUT2D eigenvalue weighted by atomic mass is 32.1. The van der Waals surface area contributed by atoms with Gasteiger partial charge in [0.1, 0.15) is 48.8 Å². The number of pyridine rings is 1. The van der Waals surface area contributed by atoms with Crippen molar-refractivity contribution in [2.75, 3.05) is 62.8 Å². The zero-order valence-electron chi connectivity index (χ0n) is 52.6. The Morgan fingerprint density at radius 3 is 2.33 bits per heavy atom. The van der Waals surface area contributed by atoms with Crippen molar-refractivity contribution >= 4 is 74.2 Å². The van der Waals surface area contributed by atoms with Crippen LogP contribution in [0.15, 0.2) is 91.1 Å². The molecule has 95 heavy (non-hydrogen) atoms. The first kappa shape index (κ1) is 66.1. The number of aliphatic carboxylic acids is 1. The highest BCUT2D eigenvalue weighted by Crippen LogP contribution is 2.72. The highest BCUT2D eigenvalue weighted by Gasteiger charge is 2.66. The standard InChI is InChI=1S/C67H75N9O18S/c1-38-44(42-13-14-49(72-53(42)59(84)85)74-21-17-39-7-6-8-43(45(39)29-74)58(83)73-62-71-46-9-4-5-10-48(46)95-62)28-70-76(38)37-66-32-64(2)31-65(3,33-66)35-67(34-64,36-66)92-24-20-69-63(88)91-30-40-11-12-41(27-47(40)93-61-56(82)54(80)55(81)57(94-61)60(86)87)90-26-25-89-23-19-68-50(77)18-22-75-51(78)15-16-52(75)79/h4-16,27-28,54-57,61,80-82H,17-26,29-37H2,1-3H3,(H,68,77)(H,69,88)(H,84,85)(H,86,87)(H,71,73,83)/t54-,55+,56-,57-,61+,64?,65?,66?,67?/m0/s1. The molecule has 27 nitrogen and oxygen atoms in total. The van der Waals surface area contributed by atoms with E-state index in [0.717, 1.165) is 82.6 Å². The van der Waals surface area contributed by atoms with Crippen LogP contribution in [0.4, 0.5) is 15.7 Å². The van der Waals surface area contributed by atoms with Gasteiger partial charge in [0.2, 0.25) is 12.2 Å². The summed E-state index contributed by atoms with van der Waals surface area (Å²) >= 11 is 1.40. The third kappa shape index (κ3) is 14.4. The van der Waals surface area contributed by atoms with Crippen molar-refractivity contribution in [1.29, 1.82) is 0 Å². The zero-order valence-corrected chi connectivity index (χ0v) is 53.4. The van der Waals surface area contributed by atoms with Gasteiger partial charge in [0.25, 0.3) is 17.7 Å². The van der Waals surface area contributed by atoms with Crippen LogP contribution >= 0.6 is 11.3 Å². The van der Waals surface area contributed by atoms with Gasteiger partial charge in [-0.1, -0.05) is 49.4 Å². The number of imide groups is 1. The number of fused-ring (bicyclic) bond motifs is 2. The number of anilines is 2. The summed E-state index contributed by atoms with van der Waals surface area (Å²) in [6.07, 6.45) is -0.498. The topological polar surface area (TPSA) is 362 Å². The molecule has 3 aromatic heterocycles. The molecule has 13 rings (SSSR count). The average Bonchev–Trinajstić information content (AvgIpc) is 0.770. The Labute approximate surface area is 549 Å². The molecular formula is C67H75N9O18S. The fourth-order valence-electron chi connectivity index (χ4n) is 15.7. The van der Waals surface area contributed by atoms with Crippen molar-refractivity contribution in [3.63, 3.8) is 0 Å². The van der Waals surface area contributed by atoms with Crippen LogP contribution in [-0.4, -0.2) is 181 Å². The molecule has 3 aliphatic heterocycles. The number of nitrogens with one attached hydrogen (secondary N) is 3. The summed E-state index contributed by atoms with van der Waals surface area (Å²) in [5, 5.41) is 65.9. The number of carbonyl (C=O) groups is 7. The molecular weight excluding hydrogens is 1250 g/mol. The predicted molar refractivity (Wildman–Crippen MR) is 340 cm³/mol. The number of carbonyl (C=O) groups excluding carboxylic acids is 5. The number of hydrogen-bond acceptors (Lipinski definition) is 21. The van der Waals surface area contributed by atoms with Crippen LogP contribution in [-0.2, 0) is 64.2 Å². The molecule has 3 aromatic carbocycles. The summed E-state index contributed by atoms with van der Waals surface area (Å²) in [5.74, 6) is -3.79. The average molecular weight is 1330 g/mol. The molecule has 5 amide bonds. The number of thiazole rings is 1. The van der Waals surface area contributed by atoms with Gasteiger partial charge >= 0.3 is 18.0 Å². The van der Waals surface area contributed by atoms with E-state index in [0.29, 0.717) is 53.7 Å². The number of nitrogens with zero attached hydrogens (tertiary/aromatic N) is 6. The van der Waals surface area contributed by atoms with E-state index in [-0.39, 0.29) is 103 Å². The molecule has 1 saturated heterocycles. The molecule has 2 unspecified atom stereocenters. The molecule has 0 spiro atoms. The van der Waals surface area contributed by atoms with E-state index in [4.69, 9.17) is 38.5 Å². The lowest BCUT2D eigenvalue weighted by Crippen LogP contribution is -2.64. The van der Waals surface area contributed by atoms with Gasteiger partial charge in [-0.25, -0.2) is 24.4 Å². The number of aromatic nitrogens is 4. The van der Waals surface area contributed by atoms with Crippen LogP contribution in [0.3, 0.4) is 0 Å². The lowest BCUT2D eigenvalue weighted by molar-refractivity contribution is -0.271. The highest BCUT2D eigenvalue weighted by molar-refractivity contribution is 7.22. The fourth-order valence-corrected chi connectivity index (χ4v) is 16.6. The maximum atomic E-state index is 13.8. The summed E-state index contributed by atoms with van der Waals surface area (Å²) in [4.78, 5) is 100. The molecule has 7 aliphatic rings. The van der Waals surface area contributed by atoms with E-state index >= 15 is 0 Å². The molecule has 5 fully saturated rings. The maximum absolute atomic E-state index is 13.8. The molecule has 6 aromatic rings. The Bertz CT molecular complexity index is 3930. The van der Waals surface area contributed by atoms with Gasteiger partial charge in [-0.05, 0) is 122 Å². The SMILES string of the molecule is Cc1c(-c2ccc(N3CCc4cccc(C(=O)Nc5nc6ccccc6s5)c4C3)nc2C(=O)O)cnn1CC12CC3(C)CC(C)(C1)CC(OCCNC(=O)OCc1ccc(OCCOCCNC(=O)CCN4C(=O)C=CC4=O)cc1O[C@@H]1O[C@H](C(=O)O)[C@H](O)[C@H](O)[C@@H]1O)(C3)C2.